The van der Waals surface area contributed by atoms with Crippen LogP contribution in [0.2, 0.25) is 0 Å². The van der Waals surface area contributed by atoms with Gasteiger partial charge in [0.15, 0.2) is 6.10 Å². The SMILES string of the molecule is CS(=O)(=O)N1CCC(C(=O)Nc2ccc(C(F)(F)F)cc2)Oc2ccccc21. The second kappa shape index (κ2) is 7.34. The van der Waals surface area contributed by atoms with Gasteiger partial charge in [-0.2, -0.15) is 13.2 Å². The van der Waals surface area contributed by atoms with Crippen LogP contribution in [0.3, 0.4) is 0 Å². The van der Waals surface area contributed by atoms with Gasteiger partial charge in [-0.05, 0) is 36.4 Å². The highest BCUT2D eigenvalue weighted by molar-refractivity contribution is 7.92. The Balaban J connectivity index is 1.78. The highest BCUT2D eigenvalue weighted by Gasteiger charge is 2.32. The minimum Gasteiger partial charge on any atom is -0.478 e. The van der Waals surface area contributed by atoms with E-state index in [0.717, 1.165) is 34.8 Å². The Labute approximate surface area is 160 Å². The lowest BCUT2D eigenvalue weighted by Gasteiger charge is -2.20. The third-order valence-corrected chi connectivity index (χ3v) is 5.35. The molecule has 0 bridgehead atoms. The molecule has 0 saturated carbocycles. The van der Waals surface area contributed by atoms with E-state index in [1.807, 2.05) is 0 Å². The van der Waals surface area contributed by atoms with Gasteiger partial charge in [0, 0.05) is 18.7 Å². The summed E-state index contributed by atoms with van der Waals surface area (Å²) in [5.41, 5.74) is -0.317. The second-order valence-electron chi connectivity index (χ2n) is 6.26. The average Bonchev–Trinajstić information content (AvgIpc) is 2.81. The van der Waals surface area contributed by atoms with Gasteiger partial charge in [0.1, 0.15) is 5.75 Å². The summed E-state index contributed by atoms with van der Waals surface area (Å²) in [5, 5.41) is 2.50. The van der Waals surface area contributed by atoms with E-state index in [4.69, 9.17) is 4.74 Å². The molecule has 2 aromatic rings. The number of fused-ring (bicyclic) bond motifs is 1. The molecule has 28 heavy (non-hydrogen) atoms. The first-order chi connectivity index (χ1) is 13.1. The molecule has 150 valence electrons. The number of anilines is 2. The van der Waals surface area contributed by atoms with Crippen molar-refractivity contribution in [2.75, 3.05) is 22.4 Å². The number of para-hydroxylation sites is 2. The summed E-state index contributed by atoms with van der Waals surface area (Å²) in [7, 11) is -3.57. The Bertz CT molecular complexity index is 975. The van der Waals surface area contributed by atoms with Gasteiger partial charge >= 0.3 is 6.18 Å². The number of rotatable bonds is 3. The Morgan fingerprint density at radius 2 is 1.79 bits per heavy atom. The molecular weight excluding hydrogens is 397 g/mol. The highest BCUT2D eigenvalue weighted by atomic mass is 32.2. The quantitative estimate of drug-likeness (QED) is 0.837. The van der Waals surface area contributed by atoms with Crippen molar-refractivity contribution in [1.29, 1.82) is 0 Å². The van der Waals surface area contributed by atoms with Crippen molar-refractivity contribution in [1.82, 2.24) is 0 Å². The van der Waals surface area contributed by atoms with Crippen molar-refractivity contribution in [2.45, 2.75) is 18.7 Å². The lowest BCUT2D eigenvalue weighted by Crippen LogP contribution is -2.35. The van der Waals surface area contributed by atoms with Crippen LogP contribution >= 0.6 is 0 Å². The van der Waals surface area contributed by atoms with Gasteiger partial charge in [0.25, 0.3) is 5.91 Å². The Morgan fingerprint density at radius 3 is 2.39 bits per heavy atom. The fourth-order valence-electron chi connectivity index (χ4n) is 2.82. The first-order valence-electron chi connectivity index (χ1n) is 8.27. The number of hydrogen-bond acceptors (Lipinski definition) is 4. The van der Waals surface area contributed by atoms with Gasteiger partial charge in [-0.3, -0.25) is 9.10 Å². The summed E-state index contributed by atoms with van der Waals surface area (Å²) < 4.78 is 68.9. The van der Waals surface area contributed by atoms with E-state index in [-0.39, 0.29) is 24.4 Å². The number of carbonyl (C=O) groups excluding carboxylic acids is 1. The molecule has 0 fully saturated rings. The minimum atomic E-state index is -4.47. The number of halogens is 3. The third-order valence-electron chi connectivity index (χ3n) is 4.17. The van der Waals surface area contributed by atoms with Gasteiger partial charge in [0.05, 0.1) is 17.5 Å². The summed E-state index contributed by atoms with van der Waals surface area (Å²) in [6.45, 7) is 0.0287. The number of hydrogen-bond donors (Lipinski definition) is 1. The summed E-state index contributed by atoms with van der Waals surface area (Å²) in [6.07, 6.45) is -4.33. The van der Waals surface area contributed by atoms with Crippen LogP contribution in [0.25, 0.3) is 0 Å². The smallest absolute Gasteiger partial charge is 0.416 e. The predicted octanol–water partition coefficient (Wildman–Crippen LogP) is 3.26. The molecule has 1 N–H and O–H groups in total. The summed E-state index contributed by atoms with van der Waals surface area (Å²) >= 11 is 0. The fourth-order valence-corrected chi connectivity index (χ4v) is 3.77. The first kappa shape index (κ1) is 20.0. The largest absolute Gasteiger partial charge is 0.478 e. The molecule has 0 spiro atoms. The summed E-state index contributed by atoms with van der Waals surface area (Å²) in [5.74, 6) is -0.345. The van der Waals surface area contributed by atoms with Crippen LogP contribution in [0.1, 0.15) is 12.0 Å². The molecule has 1 unspecified atom stereocenters. The molecule has 0 aliphatic carbocycles. The highest BCUT2D eigenvalue weighted by Crippen LogP contribution is 2.34. The molecule has 1 aliphatic heterocycles. The zero-order valence-electron chi connectivity index (χ0n) is 14.7. The Morgan fingerprint density at radius 1 is 1.14 bits per heavy atom. The van der Waals surface area contributed by atoms with Crippen LogP contribution in [0.5, 0.6) is 5.75 Å². The Kier molecular flexibility index (Phi) is 5.24. The fraction of sp³-hybridized carbons (Fsp3) is 0.278. The van der Waals surface area contributed by atoms with Crippen molar-refractivity contribution in [2.24, 2.45) is 0 Å². The van der Waals surface area contributed by atoms with Crippen LogP contribution in [-0.2, 0) is 21.0 Å². The number of nitrogens with one attached hydrogen (secondary N) is 1. The predicted molar refractivity (Wildman–Crippen MR) is 97.7 cm³/mol. The number of sulfonamides is 1. The van der Waals surface area contributed by atoms with Gasteiger partial charge in [0.2, 0.25) is 10.0 Å². The normalized spacial score (nSPS) is 17.3. The van der Waals surface area contributed by atoms with Crippen LogP contribution in [-0.4, -0.2) is 33.2 Å². The number of carbonyl (C=O) groups is 1. The first-order valence-corrected chi connectivity index (χ1v) is 10.1. The van der Waals surface area contributed by atoms with Crippen LogP contribution in [0, 0.1) is 0 Å². The molecule has 6 nitrogen and oxygen atoms in total. The lowest BCUT2D eigenvalue weighted by molar-refractivity contribution is -0.137. The van der Waals surface area contributed by atoms with Crippen molar-refractivity contribution < 1.29 is 31.1 Å². The maximum Gasteiger partial charge on any atom is 0.416 e. The second-order valence-corrected chi connectivity index (χ2v) is 8.17. The summed E-state index contributed by atoms with van der Waals surface area (Å²) in [6, 6.07) is 10.5. The van der Waals surface area contributed by atoms with Crippen LogP contribution in [0.4, 0.5) is 24.5 Å². The number of amides is 1. The maximum absolute atomic E-state index is 12.6. The van der Waals surface area contributed by atoms with E-state index in [1.54, 1.807) is 24.3 Å². The standard InChI is InChI=1S/C18H17F3N2O4S/c1-28(25,26)23-11-10-16(27-15-5-3-2-4-14(15)23)17(24)22-13-8-6-12(7-9-13)18(19,20)21/h2-9,16H,10-11H2,1H3,(H,22,24). The van der Waals surface area contributed by atoms with Crippen LogP contribution < -0.4 is 14.4 Å². The molecule has 0 radical (unpaired) electrons. The van der Waals surface area contributed by atoms with Gasteiger partial charge < -0.3 is 10.1 Å². The van der Waals surface area contributed by atoms with E-state index in [9.17, 15) is 26.4 Å². The molecule has 3 rings (SSSR count). The van der Waals surface area contributed by atoms with E-state index in [1.165, 1.54) is 0 Å². The van der Waals surface area contributed by atoms with Crippen LogP contribution in [0.15, 0.2) is 48.5 Å². The topological polar surface area (TPSA) is 75.7 Å². The third kappa shape index (κ3) is 4.38. The monoisotopic (exact) mass is 414 g/mol. The molecule has 1 atom stereocenters. The van der Waals surface area contributed by atoms with E-state index in [0.29, 0.717) is 5.69 Å². The molecule has 1 aliphatic rings. The van der Waals surface area contributed by atoms with Gasteiger partial charge in [-0.25, -0.2) is 8.42 Å². The molecule has 1 amide bonds. The van der Waals surface area contributed by atoms with Gasteiger partial charge in [-0.1, -0.05) is 12.1 Å². The van der Waals surface area contributed by atoms with Crippen molar-refractivity contribution in [3.8, 4) is 5.75 Å². The maximum atomic E-state index is 12.6. The molecule has 2 aromatic carbocycles. The molecule has 10 heteroatoms. The molecule has 1 heterocycles. The number of alkyl halides is 3. The lowest BCUT2D eigenvalue weighted by atomic mass is 10.2. The number of benzene rings is 2. The average molecular weight is 414 g/mol. The number of nitrogens with zero attached hydrogens (tertiary/aromatic N) is 1. The molecule has 0 saturated heterocycles. The minimum absolute atomic E-state index is 0.0287. The summed E-state index contributed by atoms with van der Waals surface area (Å²) in [4.78, 5) is 12.5. The van der Waals surface area contributed by atoms with Crippen molar-refractivity contribution >= 4 is 27.3 Å². The van der Waals surface area contributed by atoms with E-state index in [2.05, 4.69) is 5.32 Å². The van der Waals surface area contributed by atoms with Gasteiger partial charge in [-0.15, -0.1) is 0 Å². The molecular formula is C18H17F3N2O4S. The zero-order valence-corrected chi connectivity index (χ0v) is 15.5. The molecule has 0 aromatic heterocycles. The zero-order chi connectivity index (χ0) is 20.5. The van der Waals surface area contributed by atoms with Crippen molar-refractivity contribution in [3.63, 3.8) is 0 Å². The number of ether oxygens (including phenoxy) is 1. The Hall–Kier alpha value is -2.75. The van der Waals surface area contributed by atoms with Crippen molar-refractivity contribution in [3.05, 3.63) is 54.1 Å². The van der Waals surface area contributed by atoms with E-state index < -0.39 is 33.8 Å². The van der Waals surface area contributed by atoms with E-state index >= 15 is 0 Å².